The predicted octanol–water partition coefficient (Wildman–Crippen LogP) is 3.78. The van der Waals surface area contributed by atoms with Crippen LogP contribution in [-0.2, 0) is 4.79 Å². The monoisotopic (exact) mass is 307 g/mol. The minimum Gasteiger partial charge on any atom is -0.325 e. The summed E-state index contributed by atoms with van der Waals surface area (Å²) in [5.74, 6) is 0.357. The van der Waals surface area contributed by atoms with Gasteiger partial charge in [-0.2, -0.15) is 0 Å². The van der Waals surface area contributed by atoms with E-state index in [1.54, 1.807) is 5.51 Å². The van der Waals surface area contributed by atoms with Crippen LogP contribution in [0, 0.1) is 0 Å². The standard InChI is InChI=1S/C14H17N3OS2/c1-9(2)11-6-4-5-7-12(11)16-13(18)10(3)20-14-17-15-8-19-14/h4-10H,1-3H3,(H,16,18)/t10-/m1/s1. The van der Waals surface area contributed by atoms with Crippen molar-refractivity contribution < 1.29 is 4.79 Å². The number of carbonyl (C=O) groups excluding carboxylic acids is 1. The van der Waals surface area contributed by atoms with E-state index < -0.39 is 0 Å². The summed E-state index contributed by atoms with van der Waals surface area (Å²) in [6.07, 6.45) is 0. The van der Waals surface area contributed by atoms with Gasteiger partial charge in [0.2, 0.25) is 5.91 Å². The molecule has 2 rings (SSSR count). The number of benzene rings is 1. The molecular formula is C14H17N3OS2. The molecule has 0 saturated heterocycles. The Kier molecular flexibility index (Phi) is 5.14. The second kappa shape index (κ2) is 6.85. The van der Waals surface area contributed by atoms with Crippen molar-refractivity contribution >= 4 is 34.7 Å². The van der Waals surface area contributed by atoms with Crippen LogP contribution in [0.4, 0.5) is 5.69 Å². The molecule has 20 heavy (non-hydrogen) atoms. The lowest BCUT2D eigenvalue weighted by molar-refractivity contribution is -0.115. The van der Waals surface area contributed by atoms with E-state index in [9.17, 15) is 4.79 Å². The average Bonchev–Trinajstić information content (AvgIpc) is 2.91. The molecule has 0 spiro atoms. The number of amides is 1. The van der Waals surface area contributed by atoms with Gasteiger partial charge in [-0.3, -0.25) is 4.79 Å². The molecule has 1 N–H and O–H groups in total. The van der Waals surface area contributed by atoms with Crippen molar-refractivity contribution in [3.05, 3.63) is 35.3 Å². The number of thioether (sulfide) groups is 1. The molecule has 106 valence electrons. The highest BCUT2D eigenvalue weighted by Gasteiger charge is 2.17. The first kappa shape index (κ1) is 15.0. The highest BCUT2D eigenvalue weighted by atomic mass is 32.2. The maximum Gasteiger partial charge on any atom is 0.237 e. The van der Waals surface area contributed by atoms with Crippen LogP contribution in [0.25, 0.3) is 0 Å². The molecule has 6 heteroatoms. The summed E-state index contributed by atoms with van der Waals surface area (Å²) in [6, 6.07) is 7.91. The molecule has 0 radical (unpaired) electrons. The number of nitrogens with one attached hydrogen (secondary N) is 1. The van der Waals surface area contributed by atoms with E-state index in [0.717, 1.165) is 15.6 Å². The Labute approximate surface area is 127 Å². The first-order valence-corrected chi connectivity index (χ1v) is 8.16. The minimum absolute atomic E-state index is 0.0155. The Morgan fingerprint density at radius 1 is 1.30 bits per heavy atom. The number of carbonyl (C=O) groups is 1. The summed E-state index contributed by atoms with van der Waals surface area (Å²) in [6.45, 7) is 6.11. The van der Waals surface area contributed by atoms with Crippen molar-refractivity contribution in [3.8, 4) is 0 Å². The Morgan fingerprint density at radius 2 is 2.05 bits per heavy atom. The first-order chi connectivity index (χ1) is 9.58. The minimum atomic E-state index is -0.205. The van der Waals surface area contributed by atoms with Gasteiger partial charge in [0.1, 0.15) is 5.51 Å². The van der Waals surface area contributed by atoms with Gasteiger partial charge >= 0.3 is 0 Å². The lowest BCUT2D eigenvalue weighted by Crippen LogP contribution is -2.23. The van der Waals surface area contributed by atoms with Gasteiger partial charge < -0.3 is 5.32 Å². The number of rotatable bonds is 5. The Morgan fingerprint density at radius 3 is 2.70 bits per heavy atom. The quantitative estimate of drug-likeness (QED) is 0.854. The third-order valence-corrected chi connectivity index (χ3v) is 4.74. The predicted molar refractivity (Wildman–Crippen MR) is 84.4 cm³/mol. The van der Waals surface area contributed by atoms with Crippen molar-refractivity contribution in [1.82, 2.24) is 10.2 Å². The fourth-order valence-electron chi connectivity index (χ4n) is 1.77. The number of anilines is 1. The van der Waals surface area contributed by atoms with Gasteiger partial charge in [-0.1, -0.05) is 55.1 Å². The largest absolute Gasteiger partial charge is 0.325 e. The Balaban J connectivity index is 2.04. The van der Waals surface area contributed by atoms with Gasteiger partial charge in [-0.05, 0) is 24.5 Å². The Bertz CT molecular complexity index is 570. The topological polar surface area (TPSA) is 54.9 Å². The lowest BCUT2D eigenvalue weighted by atomic mass is 10.0. The number of hydrogen-bond acceptors (Lipinski definition) is 5. The maximum absolute atomic E-state index is 12.2. The van der Waals surface area contributed by atoms with Crippen molar-refractivity contribution in [2.45, 2.75) is 36.3 Å². The third-order valence-electron chi connectivity index (χ3n) is 2.83. The number of para-hydroxylation sites is 1. The van der Waals surface area contributed by atoms with E-state index in [0.29, 0.717) is 5.92 Å². The van der Waals surface area contributed by atoms with E-state index >= 15 is 0 Å². The Hall–Kier alpha value is -1.40. The smallest absolute Gasteiger partial charge is 0.237 e. The number of hydrogen-bond donors (Lipinski definition) is 1. The van der Waals surface area contributed by atoms with Crippen molar-refractivity contribution in [2.75, 3.05) is 5.32 Å². The molecular weight excluding hydrogens is 290 g/mol. The van der Waals surface area contributed by atoms with Crippen molar-refractivity contribution in [3.63, 3.8) is 0 Å². The first-order valence-electron chi connectivity index (χ1n) is 6.40. The summed E-state index contributed by atoms with van der Waals surface area (Å²) in [7, 11) is 0. The maximum atomic E-state index is 12.2. The molecule has 0 aliphatic rings. The molecule has 0 unspecified atom stereocenters. The van der Waals surface area contributed by atoms with Crippen LogP contribution in [0.5, 0.6) is 0 Å². The van der Waals surface area contributed by atoms with Crippen LogP contribution < -0.4 is 5.32 Å². The zero-order valence-electron chi connectivity index (χ0n) is 11.7. The van der Waals surface area contributed by atoms with Crippen LogP contribution in [0.15, 0.2) is 34.1 Å². The molecule has 0 aliphatic heterocycles. The number of aromatic nitrogens is 2. The lowest BCUT2D eigenvalue weighted by Gasteiger charge is -2.15. The zero-order chi connectivity index (χ0) is 14.5. The van der Waals surface area contributed by atoms with Crippen LogP contribution in [0.2, 0.25) is 0 Å². The summed E-state index contributed by atoms with van der Waals surface area (Å²) in [5.41, 5.74) is 3.70. The normalized spacial score (nSPS) is 12.4. The molecule has 2 aromatic rings. The van der Waals surface area contributed by atoms with E-state index in [4.69, 9.17) is 0 Å². The van der Waals surface area contributed by atoms with Crippen molar-refractivity contribution in [2.24, 2.45) is 0 Å². The van der Waals surface area contributed by atoms with Gasteiger partial charge in [0.15, 0.2) is 4.34 Å². The third kappa shape index (κ3) is 3.80. The highest BCUT2D eigenvalue weighted by molar-refractivity contribution is 8.02. The molecule has 1 aromatic carbocycles. The highest BCUT2D eigenvalue weighted by Crippen LogP contribution is 2.27. The fourth-order valence-corrected chi connectivity index (χ4v) is 3.39. The summed E-state index contributed by atoms with van der Waals surface area (Å²) in [5, 5.41) is 10.5. The van der Waals surface area contributed by atoms with E-state index in [2.05, 4.69) is 29.4 Å². The summed E-state index contributed by atoms with van der Waals surface area (Å²) in [4.78, 5) is 12.2. The van der Waals surface area contributed by atoms with E-state index in [1.165, 1.54) is 23.1 Å². The second-order valence-corrected chi connectivity index (χ2v) is 7.12. The summed E-state index contributed by atoms with van der Waals surface area (Å²) < 4.78 is 0.810. The molecule has 1 amide bonds. The molecule has 1 atom stereocenters. The van der Waals surface area contributed by atoms with Crippen LogP contribution in [-0.4, -0.2) is 21.4 Å². The number of nitrogens with zero attached hydrogens (tertiary/aromatic N) is 2. The van der Waals surface area contributed by atoms with E-state index in [-0.39, 0.29) is 11.2 Å². The van der Waals surface area contributed by atoms with Crippen LogP contribution in [0.3, 0.4) is 0 Å². The van der Waals surface area contributed by atoms with Gasteiger partial charge in [-0.15, -0.1) is 10.2 Å². The molecule has 4 nitrogen and oxygen atoms in total. The van der Waals surface area contributed by atoms with Gasteiger partial charge in [0, 0.05) is 5.69 Å². The molecule has 1 heterocycles. The van der Waals surface area contributed by atoms with E-state index in [1.807, 2.05) is 31.2 Å². The SMILES string of the molecule is CC(C)c1ccccc1NC(=O)[C@@H](C)Sc1nncs1. The summed E-state index contributed by atoms with van der Waals surface area (Å²) >= 11 is 2.87. The molecule has 0 bridgehead atoms. The average molecular weight is 307 g/mol. The van der Waals surface area contributed by atoms with Gasteiger partial charge in [-0.25, -0.2) is 0 Å². The van der Waals surface area contributed by atoms with Gasteiger partial charge in [0.05, 0.1) is 5.25 Å². The molecule has 1 aromatic heterocycles. The van der Waals surface area contributed by atoms with Crippen LogP contribution in [0.1, 0.15) is 32.3 Å². The fraction of sp³-hybridized carbons (Fsp3) is 0.357. The van der Waals surface area contributed by atoms with Crippen molar-refractivity contribution in [1.29, 1.82) is 0 Å². The van der Waals surface area contributed by atoms with Gasteiger partial charge in [0.25, 0.3) is 0 Å². The van der Waals surface area contributed by atoms with Crippen LogP contribution >= 0.6 is 23.1 Å². The molecule has 0 aliphatic carbocycles. The molecule has 0 fully saturated rings. The second-order valence-electron chi connectivity index (χ2n) is 4.70. The zero-order valence-corrected chi connectivity index (χ0v) is 13.3. The molecule has 0 saturated carbocycles.